The van der Waals surface area contributed by atoms with E-state index in [-0.39, 0.29) is 30.1 Å². The van der Waals surface area contributed by atoms with E-state index in [0.29, 0.717) is 0 Å². The number of carbonyl (C=O) groups is 6. The number of nitrogens with two attached hydrogens (primary N) is 1. The number of aromatic amines is 2. The van der Waals surface area contributed by atoms with Crippen molar-refractivity contribution in [2.45, 2.75) is 61.7 Å². The van der Waals surface area contributed by atoms with Gasteiger partial charge in [0.05, 0.1) is 38.4 Å². The highest BCUT2D eigenvalue weighted by Crippen LogP contribution is 2.29. The first-order valence-electron chi connectivity index (χ1n) is 12.3. The SMILES string of the molecule is Nc1nc2c([nH]c(=O)n2[C@H]2C[C@H](O)[C@@H](CO)O2)c(=O)[nH]1.O=C(O)CC(O)(CC(=O)O)C(=O)O.O=C(O)CC(O)(CC(=O)O)C(=O)O. The smallest absolute Gasteiger partial charge is 0.336 e. The van der Waals surface area contributed by atoms with Crippen LogP contribution in [0.2, 0.25) is 0 Å². The highest BCUT2D eigenvalue weighted by atomic mass is 16.5. The lowest BCUT2D eigenvalue weighted by molar-refractivity contribution is -0.170. The number of aliphatic hydroxyl groups excluding tert-OH is 2. The zero-order valence-corrected chi connectivity index (χ0v) is 23.1. The number of hydrogen-bond acceptors (Lipinski definition) is 15. The van der Waals surface area contributed by atoms with Crippen molar-refractivity contribution in [3.05, 3.63) is 20.8 Å². The third-order valence-corrected chi connectivity index (χ3v) is 5.84. The summed E-state index contributed by atoms with van der Waals surface area (Å²) in [7, 11) is 0. The number of rotatable bonds is 12. The molecule has 256 valence electrons. The van der Waals surface area contributed by atoms with Crippen LogP contribution in [-0.2, 0) is 33.5 Å². The Balaban J connectivity index is 0.000000362. The van der Waals surface area contributed by atoms with Crippen molar-refractivity contribution in [1.29, 1.82) is 0 Å². The van der Waals surface area contributed by atoms with Gasteiger partial charge in [0.15, 0.2) is 22.4 Å². The number of nitrogens with one attached hydrogen (secondary N) is 2. The fourth-order valence-electron chi connectivity index (χ4n) is 3.76. The van der Waals surface area contributed by atoms with Crippen LogP contribution in [-0.4, -0.2) is 136 Å². The molecule has 3 atom stereocenters. The summed E-state index contributed by atoms with van der Waals surface area (Å²) in [5, 5.41) is 86.4. The molecule has 0 bridgehead atoms. The number of fused-ring (bicyclic) bond motifs is 1. The predicted octanol–water partition coefficient (Wildman–Crippen LogP) is -4.86. The van der Waals surface area contributed by atoms with E-state index in [2.05, 4.69) is 15.0 Å². The molecule has 46 heavy (non-hydrogen) atoms. The van der Waals surface area contributed by atoms with E-state index in [1.165, 1.54) is 0 Å². The topological polar surface area (TPSA) is 424 Å². The number of aliphatic carboxylic acids is 6. The molecule has 2 aromatic rings. The lowest BCUT2D eigenvalue weighted by Crippen LogP contribution is -2.42. The van der Waals surface area contributed by atoms with E-state index in [0.717, 1.165) is 4.57 Å². The van der Waals surface area contributed by atoms with Crippen molar-refractivity contribution >= 4 is 52.9 Å². The molecule has 3 rings (SSSR count). The van der Waals surface area contributed by atoms with E-state index in [4.69, 9.17) is 56.4 Å². The molecule has 1 aliphatic heterocycles. The Morgan fingerprint density at radius 3 is 1.57 bits per heavy atom. The number of carboxylic acids is 6. The number of anilines is 1. The molecule has 24 heteroatoms. The summed E-state index contributed by atoms with van der Waals surface area (Å²) in [6.45, 7) is -0.370. The highest BCUT2D eigenvalue weighted by Gasteiger charge is 2.42. The van der Waals surface area contributed by atoms with Crippen LogP contribution in [0.5, 0.6) is 0 Å². The quantitative estimate of drug-likeness (QED) is 0.101. The minimum absolute atomic E-state index is 0.0188. The number of ether oxygens (including phenoxy) is 1. The van der Waals surface area contributed by atoms with Gasteiger partial charge in [0.1, 0.15) is 12.3 Å². The molecule has 14 N–H and O–H groups in total. The second kappa shape index (κ2) is 15.5. The number of carboxylic acid groups (broad SMARTS) is 6. The summed E-state index contributed by atoms with van der Waals surface area (Å²) in [4.78, 5) is 93.1. The molecule has 0 aliphatic carbocycles. The Morgan fingerprint density at radius 2 is 1.24 bits per heavy atom. The van der Waals surface area contributed by atoms with E-state index in [9.17, 15) is 43.5 Å². The van der Waals surface area contributed by atoms with E-state index in [1.807, 2.05) is 0 Å². The first-order valence-corrected chi connectivity index (χ1v) is 12.3. The number of imidazole rings is 1. The number of nitrogen functional groups attached to an aromatic ring is 1. The lowest BCUT2D eigenvalue weighted by atomic mass is 9.96. The van der Waals surface area contributed by atoms with Gasteiger partial charge in [-0.3, -0.25) is 33.9 Å². The van der Waals surface area contributed by atoms with Gasteiger partial charge in [0.25, 0.3) is 5.56 Å². The largest absolute Gasteiger partial charge is 0.481 e. The third kappa shape index (κ3) is 10.3. The monoisotopic (exact) mass is 667 g/mol. The predicted molar refractivity (Wildman–Crippen MR) is 141 cm³/mol. The number of aromatic nitrogens is 4. The molecule has 1 aliphatic rings. The molecule has 3 heterocycles. The molecule has 0 radical (unpaired) electrons. The molecule has 0 unspecified atom stereocenters. The van der Waals surface area contributed by atoms with Crippen molar-refractivity contribution < 1.29 is 84.6 Å². The van der Waals surface area contributed by atoms with Crippen LogP contribution in [0.1, 0.15) is 38.3 Å². The van der Waals surface area contributed by atoms with E-state index in [1.54, 1.807) is 0 Å². The Labute approximate surface area is 252 Å². The maximum Gasteiger partial charge on any atom is 0.336 e. The van der Waals surface area contributed by atoms with Crippen molar-refractivity contribution in [1.82, 2.24) is 19.5 Å². The van der Waals surface area contributed by atoms with Gasteiger partial charge in [-0.2, -0.15) is 4.98 Å². The van der Waals surface area contributed by atoms with Crippen molar-refractivity contribution in [2.75, 3.05) is 12.3 Å². The molecule has 2 aromatic heterocycles. The van der Waals surface area contributed by atoms with Crippen molar-refractivity contribution in [3.8, 4) is 0 Å². The average Bonchev–Trinajstić information content (AvgIpc) is 3.40. The second-order valence-electron chi connectivity index (χ2n) is 9.52. The summed E-state index contributed by atoms with van der Waals surface area (Å²) < 4.78 is 6.50. The van der Waals surface area contributed by atoms with Gasteiger partial charge in [-0.1, -0.05) is 0 Å². The van der Waals surface area contributed by atoms with Crippen LogP contribution in [0.4, 0.5) is 5.95 Å². The fraction of sp³-hybridized carbons (Fsp3) is 0.500. The molecular formula is C22H29N5O19. The van der Waals surface area contributed by atoms with E-state index >= 15 is 0 Å². The molecule has 0 spiro atoms. The minimum atomic E-state index is -2.74. The summed E-state index contributed by atoms with van der Waals surface area (Å²) in [6.07, 6.45) is -6.98. The molecule has 24 nitrogen and oxygen atoms in total. The molecule has 0 amide bonds. The lowest BCUT2D eigenvalue weighted by Gasteiger charge is -2.18. The number of hydrogen-bond donors (Lipinski definition) is 13. The zero-order valence-electron chi connectivity index (χ0n) is 23.1. The summed E-state index contributed by atoms with van der Waals surface area (Å²) in [6, 6.07) is 0. The Morgan fingerprint density at radius 1 is 0.826 bits per heavy atom. The number of aliphatic hydroxyl groups is 4. The molecular weight excluding hydrogens is 638 g/mol. The molecule has 0 aromatic carbocycles. The highest BCUT2D eigenvalue weighted by molar-refractivity contribution is 5.88. The summed E-state index contributed by atoms with van der Waals surface area (Å²) >= 11 is 0. The van der Waals surface area contributed by atoms with Gasteiger partial charge >= 0.3 is 41.5 Å². The first-order chi connectivity index (χ1) is 21.1. The molecule has 1 saturated heterocycles. The van der Waals surface area contributed by atoms with Crippen molar-refractivity contribution in [3.63, 3.8) is 0 Å². The van der Waals surface area contributed by atoms with Crippen LogP contribution < -0.4 is 17.0 Å². The number of nitrogens with zero attached hydrogens (tertiary/aromatic N) is 2. The first kappa shape index (κ1) is 38.6. The molecule has 0 saturated carbocycles. The normalized spacial score (nSPS) is 17.6. The molecule has 1 fully saturated rings. The van der Waals surface area contributed by atoms with Gasteiger partial charge in [-0.15, -0.1) is 0 Å². The number of H-pyrrole nitrogens is 2. The van der Waals surface area contributed by atoms with Gasteiger partial charge in [-0.25, -0.2) is 19.0 Å². The standard InChI is InChI=1S/C10H13N5O5.2C6H8O7/c11-9-13-7-6(8(18)14-9)12-10(19)15(7)5-1-3(17)4(2-16)20-5;2*7-3(8)1-6(13,5(11)12)2-4(9)10/h3-5,16-17H,1-2H2,(H,12,19)(H3,11,13,14,18);2*13H,1-2H2,(H,7,8)(H,9,10)(H,11,12)/t3-,4+,5+;;/m0../s1. The second-order valence-corrected chi connectivity index (χ2v) is 9.52. The minimum Gasteiger partial charge on any atom is -0.481 e. The van der Waals surface area contributed by atoms with Crippen molar-refractivity contribution in [2.24, 2.45) is 0 Å². The maximum absolute atomic E-state index is 11.9. The van der Waals surface area contributed by atoms with Gasteiger partial charge in [0, 0.05) is 6.42 Å². The van der Waals surface area contributed by atoms with Crippen LogP contribution in [0, 0.1) is 0 Å². The zero-order chi connectivity index (χ0) is 35.7. The summed E-state index contributed by atoms with van der Waals surface area (Å²) in [5.41, 5.74) is -1.16. The average molecular weight is 667 g/mol. The summed E-state index contributed by atoms with van der Waals surface area (Å²) in [5.74, 6) is -10.2. The van der Waals surface area contributed by atoms with Gasteiger partial charge in [0.2, 0.25) is 5.95 Å². The Bertz CT molecular complexity index is 1510. The fourth-order valence-corrected chi connectivity index (χ4v) is 3.76. The third-order valence-electron chi connectivity index (χ3n) is 5.84. The maximum atomic E-state index is 11.9. The Kier molecular flexibility index (Phi) is 13.0. The van der Waals surface area contributed by atoms with Gasteiger partial charge in [-0.05, 0) is 0 Å². The van der Waals surface area contributed by atoms with Crippen LogP contribution in [0.25, 0.3) is 11.2 Å². The van der Waals surface area contributed by atoms with Crippen LogP contribution in [0.3, 0.4) is 0 Å². The van der Waals surface area contributed by atoms with Gasteiger partial charge < -0.3 is 61.5 Å². The van der Waals surface area contributed by atoms with Crippen LogP contribution in [0.15, 0.2) is 9.59 Å². The Hall–Kier alpha value is -5.43. The van der Waals surface area contributed by atoms with E-state index < -0.39 is 102 Å². The van der Waals surface area contributed by atoms with Crippen LogP contribution >= 0.6 is 0 Å².